The summed E-state index contributed by atoms with van der Waals surface area (Å²) in [6, 6.07) is 0. The summed E-state index contributed by atoms with van der Waals surface area (Å²) in [4.78, 5) is 0. The van der Waals surface area contributed by atoms with Crippen LogP contribution in [0.2, 0.25) is 0 Å². The zero-order chi connectivity index (χ0) is 6.85. The zero-order valence-electron chi connectivity index (χ0n) is 5.89. The Labute approximate surface area is 58.5 Å². The molecule has 0 aromatic rings. The van der Waals surface area contributed by atoms with Gasteiger partial charge < -0.3 is 5.32 Å². The van der Waals surface area contributed by atoms with Crippen molar-refractivity contribution in [1.29, 1.82) is 0 Å². The Kier molecular flexibility index (Phi) is 2.24. The summed E-state index contributed by atoms with van der Waals surface area (Å²) in [6.07, 6.45) is 0. The summed E-state index contributed by atoms with van der Waals surface area (Å²) >= 11 is 0. The van der Waals surface area contributed by atoms with E-state index < -0.39 is 10.8 Å². The van der Waals surface area contributed by atoms with Crippen molar-refractivity contribution >= 4 is 10.8 Å². The van der Waals surface area contributed by atoms with Crippen LogP contribution in [0.4, 0.5) is 0 Å². The van der Waals surface area contributed by atoms with Crippen molar-refractivity contribution in [3.05, 3.63) is 0 Å². The van der Waals surface area contributed by atoms with E-state index in [1.54, 1.807) is 0 Å². The van der Waals surface area contributed by atoms with Gasteiger partial charge in [-0.05, 0) is 13.8 Å². The Balaban J connectivity index is 2.52. The van der Waals surface area contributed by atoms with Crippen LogP contribution in [-0.4, -0.2) is 27.8 Å². The zero-order valence-corrected chi connectivity index (χ0v) is 6.70. The molecule has 1 heterocycles. The van der Waals surface area contributed by atoms with Crippen LogP contribution in [0.5, 0.6) is 0 Å². The Hall–Kier alpha value is 0.110. The van der Waals surface area contributed by atoms with E-state index in [0.29, 0.717) is 10.5 Å². The van der Waals surface area contributed by atoms with E-state index in [-0.39, 0.29) is 0 Å². The molecule has 0 saturated carbocycles. The van der Waals surface area contributed by atoms with Crippen LogP contribution in [0.3, 0.4) is 0 Å². The standard InChI is InChI=1S/C6H13NOS/c1-5-3-7-4-6(2)9(5)8/h5-7H,3-4H2,1-2H3. The molecule has 1 rings (SSSR count). The van der Waals surface area contributed by atoms with E-state index in [0.717, 1.165) is 13.1 Å². The van der Waals surface area contributed by atoms with Crippen molar-refractivity contribution in [1.82, 2.24) is 5.32 Å². The fraction of sp³-hybridized carbons (Fsp3) is 1.00. The maximum atomic E-state index is 11.2. The first-order chi connectivity index (χ1) is 4.22. The van der Waals surface area contributed by atoms with Gasteiger partial charge in [-0.3, -0.25) is 4.21 Å². The minimum atomic E-state index is -0.592. The molecule has 3 heteroatoms. The number of rotatable bonds is 0. The van der Waals surface area contributed by atoms with E-state index in [1.165, 1.54) is 0 Å². The van der Waals surface area contributed by atoms with Gasteiger partial charge in [-0.15, -0.1) is 0 Å². The maximum absolute atomic E-state index is 11.2. The molecule has 0 spiro atoms. The Morgan fingerprint density at radius 2 is 1.78 bits per heavy atom. The molecule has 9 heavy (non-hydrogen) atoms. The second-order valence-electron chi connectivity index (χ2n) is 2.61. The van der Waals surface area contributed by atoms with Crippen LogP contribution in [-0.2, 0) is 10.8 Å². The van der Waals surface area contributed by atoms with E-state index >= 15 is 0 Å². The van der Waals surface area contributed by atoms with Gasteiger partial charge in [0.25, 0.3) is 0 Å². The van der Waals surface area contributed by atoms with Crippen molar-refractivity contribution in [2.75, 3.05) is 13.1 Å². The first-order valence-corrected chi connectivity index (χ1v) is 4.59. The molecular formula is C6H13NOS. The van der Waals surface area contributed by atoms with Crippen molar-refractivity contribution in [3.63, 3.8) is 0 Å². The van der Waals surface area contributed by atoms with Gasteiger partial charge in [0, 0.05) is 34.4 Å². The average molecular weight is 147 g/mol. The topological polar surface area (TPSA) is 29.1 Å². The normalized spacial score (nSPS) is 44.9. The van der Waals surface area contributed by atoms with Crippen molar-refractivity contribution in [3.8, 4) is 0 Å². The monoisotopic (exact) mass is 147 g/mol. The third-order valence-electron chi connectivity index (χ3n) is 1.66. The number of nitrogens with one attached hydrogen (secondary N) is 1. The minimum Gasteiger partial charge on any atom is -0.314 e. The number of hydrogen-bond acceptors (Lipinski definition) is 2. The molecule has 2 nitrogen and oxygen atoms in total. The molecule has 1 saturated heterocycles. The molecule has 0 aromatic carbocycles. The van der Waals surface area contributed by atoms with Crippen molar-refractivity contribution < 1.29 is 4.21 Å². The van der Waals surface area contributed by atoms with Crippen LogP contribution in [0, 0.1) is 0 Å². The van der Waals surface area contributed by atoms with Crippen LogP contribution in [0.1, 0.15) is 13.8 Å². The summed E-state index contributed by atoms with van der Waals surface area (Å²) in [6.45, 7) is 5.88. The number of hydrogen-bond donors (Lipinski definition) is 1. The van der Waals surface area contributed by atoms with E-state index in [4.69, 9.17) is 0 Å². The second kappa shape index (κ2) is 2.80. The van der Waals surface area contributed by atoms with Crippen LogP contribution >= 0.6 is 0 Å². The van der Waals surface area contributed by atoms with E-state index in [1.807, 2.05) is 13.8 Å². The maximum Gasteiger partial charge on any atom is 0.0447 e. The molecule has 2 unspecified atom stereocenters. The highest BCUT2D eigenvalue weighted by atomic mass is 32.2. The van der Waals surface area contributed by atoms with E-state index in [2.05, 4.69) is 5.32 Å². The molecule has 1 N–H and O–H groups in total. The molecule has 0 bridgehead atoms. The lowest BCUT2D eigenvalue weighted by atomic mass is 10.4. The molecule has 1 fully saturated rings. The summed E-state index contributed by atoms with van der Waals surface area (Å²) in [5, 5.41) is 3.90. The fourth-order valence-electron chi connectivity index (χ4n) is 1.05. The third kappa shape index (κ3) is 1.52. The lowest BCUT2D eigenvalue weighted by Crippen LogP contribution is -2.43. The van der Waals surface area contributed by atoms with Crippen molar-refractivity contribution in [2.45, 2.75) is 24.3 Å². The fourth-order valence-corrected chi connectivity index (χ4v) is 2.41. The van der Waals surface area contributed by atoms with E-state index in [9.17, 15) is 4.21 Å². The van der Waals surface area contributed by atoms with Gasteiger partial charge in [0.05, 0.1) is 0 Å². The highest BCUT2D eigenvalue weighted by Gasteiger charge is 2.21. The Bertz CT molecular complexity index is 114. The van der Waals surface area contributed by atoms with Gasteiger partial charge in [0.15, 0.2) is 0 Å². The second-order valence-corrected chi connectivity index (χ2v) is 4.87. The predicted molar refractivity (Wildman–Crippen MR) is 39.9 cm³/mol. The van der Waals surface area contributed by atoms with Crippen LogP contribution in [0.15, 0.2) is 0 Å². The molecule has 1 aliphatic heterocycles. The lowest BCUT2D eigenvalue weighted by Gasteiger charge is -2.23. The lowest BCUT2D eigenvalue weighted by molar-refractivity contribution is 0.594. The first-order valence-electron chi connectivity index (χ1n) is 3.32. The van der Waals surface area contributed by atoms with Gasteiger partial charge in [0.1, 0.15) is 0 Å². The van der Waals surface area contributed by atoms with Crippen LogP contribution < -0.4 is 5.32 Å². The SMILES string of the molecule is CC1CNCC(C)S1=O. The molecule has 0 aromatic heterocycles. The molecule has 0 aliphatic carbocycles. The predicted octanol–water partition coefficient (Wildman–Crippen LogP) is 0.115. The molecule has 0 radical (unpaired) electrons. The average Bonchev–Trinajstić information content (AvgIpc) is 1.83. The summed E-state index contributed by atoms with van der Waals surface area (Å²) in [5.41, 5.74) is 0. The Morgan fingerprint density at radius 1 is 1.33 bits per heavy atom. The quantitative estimate of drug-likeness (QED) is 0.527. The van der Waals surface area contributed by atoms with Gasteiger partial charge in [-0.25, -0.2) is 0 Å². The highest BCUT2D eigenvalue weighted by Crippen LogP contribution is 2.06. The third-order valence-corrected chi connectivity index (χ3v) is 3.58. The van der Waals surface area contributed by atoms with Gasteiger partial charge in [-0.2, -0.15) is 0 Å². The van der Waals surface area contributed by atoms with Crippen molar-refractivity contribution in [2.24, 2.45) is 0 Å². The summed E-state index contributed by atoms with van der Waals surface area (Å²) < 4.78 is 11.2. The first kappa shape index (κ1) is 7.22. The largest absolute Gasteiger partial charge is 0.314 e. The van der Waals surface area contributed by atoms with Gasteiger partial charge >= 0.3 is 0 Å². The minimum absolute atomic E-state index is 0.341. The molecule has 54 valence electrons. The molecule has 0 amide bonds. The molecule has 1 aliphatic rings. The molecule has 2 atom stereocenters. The Morgan fingerprint density at radius 3 is 2.11 bits per heavy atom. The van der Waals surface area contributed by atoms with Crippen LogP contribution in [0.25, 0.3) is 0 Å². The summed E-state index contributed by atoms with van der Waals surface area (Å²) in [7, 11) is -0.592. The van der Waals surface area contributed by atoms with Gasteiger partial charge in [0.2, 0.25) is 0 Å². The summed E-state index contributed by atoms with van der Waals surface area (Å²) in [5.74, 6) is 0. The van der Waals surface area contributed by atoms with Gasteiger partial charge in [-0.1, -0.05) is 0 Å². The molecular weight excluding hydrogens is 134 g/mol. The highest BCUT2D eigenvalue weighted by molar-refractivity contribution is 7.86. The smallest absolute Gasteiger partial charge is 0.0447 e.